The third-order valence-electron chi connectivity index (χ3n) is 3.08. The molecule has 0 spiro atoms. The maximum Gasteiger partial charge on any atom is 0.155 e. The largest absolute Gasteiger partial charge is 0.411 e. The van der Waals surface area contributed by atoms with Crippen molar-refractivity contribution < 1.29 is 5.21 Å². The van der Waals surface area contributed by atoms with Crippen molar-refractivity contribution in [3.05, 3.63) is 11.3 Å². The van der Waals surface area contributed by atoms with Gasteiger partial charge in [0.15, 0.2) is 5.82 Å². The molecule has 0 unspecified atom stereocenters. The fourth-order valence-electron chi connectivity index (χ4n) is 2.12. The fraction of sp³-hybridized carbons (Fsp3) is 0.700. The third kappa shape index (κ3) is 1.25. The lowest BCUT2D eigenvalue weighted by atomic mass is 9.97. The van der Waals surface area contributed by atoms with Gasteiger partial charge in [0, 0.05) is 11.6 Å². The van der Waals surface area contributed by atoms with Crippen LogP contribution in [0.1, 0.15) is 36.9 Å². The molecule has 0 atom stereocenters. The minimum absolute atomic E-state index is 0.607. The van der Waals surface area contributed by atoms with Crippen LogP contribution in [-0.4, -0.2) is 21.2 Å². The molecule has 1 aromatic rings. The van der Waals surface area contributed by atoms with Crippen LogP contribution in [0, 0.1) is 0 Å². The molecule has 1 fully saturated rings. The summed E-state index contributed by atoms with van der Waals surface area (Å²) in [4.78, 5) is 1.07. The van der Waals surface area contributed by atoms with Crippen LogP contribution >= 0.6 is 0 Å². The SMILES string of the molecule is On1nc(NC2CC2)c2c1CCCC2. The Morgan fingerprint density at radius 3 is 2.86 bits per heavy atom. The van der Waals surface area contributed by atoms with Gasteiger partial charge in [0.25, 0.3) is 0 Å². The van der Waals surface area contributed by atoms with Crippen LogP contribution < -0.4 is 5.32 Å². The maximum absolute atomic E-state index is 9.58. The Bertz CT molecular complexity index is 354. The summed E-state index contributed by atoms with van der Waals surface area (Å²) in [5, 5.41) is 17.1. The van der Waals surface area contributed by atoms with Crippen LogP contribution in [0.4, 0.5) is 5.82 Å². The Hall–Kier alpha value is -1.19. The number of hydrogen-bond acceptors (Lipinski definition) is 3. The molecule has 1 heterocycles. The summed E-state index contributed by atoms with van der Waals surface area (Å²) in [6, 6.07) is 0.607. The number of hydrogen-bond donors (Lipinski definition) is 2. The highest BCUT2D eigenvalue weighted by atomic mass is 16.5. The summed E-state index contributed by atoms with van der Waals surface area (Å²) in [6.45, 7) is 0. The van der Waals surface area contributed by atoms with Crippen LogP contribution in [-0.2, 0) is 12.8 Å². The van der Waals surface area contributed by atoms with Gasteiger partial charge in [-0.2, -0.15) is 0 Å². The Labute approximate surface area is 82.9 Å². The summed E-state index contributed by atoms with van der Waals surface area (Å²) < 4.78 is 0. The molecule has 0 amide bonds. The molecule has 0 aromatic carbocycles. The van der Waals surface area contributed by atoms with Gasteiger partial charge in [-0.3, -0.25) is 0 Å². The Morgan fingerprint density at radius 2 is 2.07 bits per heavy atom. The molecule has 2 aliphatic carbocycles. The van der Waals surface area contributed by atoms with Gasteiger partial charge in [-0.15, -0.1) is 9.94 Å². The first-order chi connectivity index (χ1) is 6.84. The molecular formula is C10H15N3O. The van der Waals surface area contributed by atoms with E-state index in [4.69, 9.17) is 0 Å². The first kappa shape index (κ1) is 8.15. The Morgan fingerprint density at radius 1 is 1.29 bits per heavy atom. The third-order valence-corrected chi connectivity index (χ3v) is 3.08. The van der Waals surface area contributed by atoms with E-state index in [1.165, 1.54) is 31.2 Å². The molecule has 2 aliphatic rings. The van der Waals surface area contributed by atoms with E-state index in [-0.39, 0.29) is 0 Å². The quantitative estimate of drug-likeness (QED) is 0.701. The standard InChI is InChI=1S/C10H15N3O/c14-13-9-4-2-1-3-8(9)10(12-13)11-7-5-6-7/h7,14H,1-6H2,(H,11,12). The van der Waals surface area contributed by atoms with E-state index in [0.29, 0.717) is 6.04 Å². The zero-order valence-corrected chi connectivity index (χ0v) is 8.16. The summed E-state index contributed by atoms with van der Waals surface area (Å²) in [5.41, 5.74) is 2.25. The highest BCUT2D eigenvalue weighted by Crippen LogP contribution is 2.31. The summed E-state index contributed by atoms with van der Waals surface area (Å²) in [6.07, 6.45) is 6.90. The summed E-state index contributed by atoms with van der Waals surface area (Å²) in [5.74, 6) is 0.921. The summed E-state index contributed by atoms with van der Waals surface area (Å²) in [7, 11) is 0. The highest BCUT2D eigenvalue weighted by molar-refractivity contribution is 5.49. The predicted molar refractivity (Wildman–Crippen MR) is 52.7 cm³/mol. The van der Waals surface area contributed by atoms with E-state index in [1.807, 2.05) is 0 Å². The minimum Gasteiger partial charge on any atom is -0.411 e. The lowest BCUT2D eigenvalue weighted by molar-refractivity contribution is 0.139. The first-order valence-electron chi connectivity index (χ1n) is 5.41. The molecule has 0 bridgehead atoms. The van der Waals surface area contributed by atoms with Crippen LogP contribution in [0.15, 0.2) is 0 Å². The van der Waals surface area contributed by atoms with Gasteiger partial charge >= 0.3 is 0 Å². The van der Waals surface area contributed by atoms with Gasteiger partial charge in [-0.1, -0.05) is 0 Å². The number of aromatic nitrogens is 2. The second-order valence-corrected chi connectivity index (χ2v) is 4.29. The zero-order chi connectivity index (χ0) is 9.54. The van der Waals surface area contributed by atoms with E-state index in [0.717, 1.165) is 29.2 Å². The van der Waals surface area contributed by atoms with Crippen LogP contribution in [0.3, 0.4) is 0 Å². The molecule has 1 aromatic heterocycles. The topological polar surface area (TPSA) is 50.1 Å². The van der Waals surface area contributed by atoms with Crippen LogP contribution in [0.25, 0.3) is 0 Å². The molecule has 0 aliphatic heterocycles. The lowest BCUT2D eigenvalue weighted by Crippen LogP contribution is -2.07. The average Bonchev–Trinajstić information content (AvgIpc) is 2.95. The maximum atomic E-state index is 9.58. The molecule has 1 saturated carbocycles. The van der Waals surface area contributed by atoms with Gasteiger partial charge in [0.1, 0.15) is 0 Å². The zero-order valence-electron chi connectivity index (χ0n) is 8.16. The van der Waals surface area contributed by atoms with Gasteiger partial charge in [0.05, 0.1) is 5.69 Å². The number of nitrogens with one attached hydrogen (secondary N) is 1. The molecule has 76 valence electrons. The van der Waals surface area contributed by atoms with E-state index >= 15 is 0 Å². The molecule has 4 nitrogen and oxygen atoms in total. The number of nitrogens with zero attached hydrogens (tertiary/aromatic N) is 2. The van der Waals surface area contributed by atoms with Crippen molar-refractivity contribution in [3.63, 3.8) is 0 Å². The van der Waals surface area contributed by atoms with Gasteiger partial charge < -0.3 is 10.5 Å². The van der Waals surface area contributed by atoms with Crippen molar-refractivity contribution in [3.8, 4) is 0 Å². The molecule has 4 heteroatoms. The predicted octanol–water partition coefficient (Wildman–Crippen LogP) is 1.57. The van der Waals surface area contributed by atoms with E-state index < -0.39 is 0 Å². The Balaban J connectivity index is 1.93. The molecule has 14 heavy (non-hydrogen) atoms. The van der Waals surface area contributed by atoms with Gasteiger partial charge in [-0.05, 0) is 38.5 Å². The van der Waals surface area contributed by atoms with Gasteiger partial charge in [0.2, 0.25) is 0 Å². The number of anilines is 1. The molecule has 0 radical (unpaired) electrons. The van der Waals surface area contributed by atoms with Crippen molar-refractivity contribution in [1.82, 2.24) is 9.94 Å². The first-order valence-corrected chi connectivity index (χ1v) is 5.41. The van der Waals surface area contributed by atoms with Gasteiger partial charge in [-0.25, -0.2) is 0 Å². The monoisotopic (exact) mass is 193 g/mol. The van der Waals surface area contributed by atoms with Crippen molar-refractivity contribution in [2.24, 2.45) is 0 Å². The smallest absolute Gasteiger partial charge is 0.155 e. The normalized spacial score (nSPS) is 20.6. The number of rotatable bonds is 2. The molecule has 0 saturated heterocycles. The Kier molecular flexibility index (Phi) is 1.69. The van der Waals surface area contributed by atoms with E-state index in [9.17, 15) is 5.21 Å². The van der Waals surface area contributed by atoms with E-state index in [2.05, 4.69) is 10.4 Å². The second kappa shape index (κ2) is 2.90. The van der Waals surface area contributed by atoms with Crippen molar-refractivity contribution in [2.75, 3.05) is 5.32 Å². The van der Waals surface area contributed by atoms with Crippen molar-refractivity contribution in [2.45, 2.75) is 44.6 Å². The molecular weight excluding hydrogens is 178 g/mol. The number of fused-ring (bicyclic) bond motifs is 1. The van der Waals surface area contributed by atoms with Crippen molar-refractivity contribution in [1.29, 1.82) is 0 Å². The highest BCUT2D eigenvalue weighted by Gasteiger charge is 2.26. The second-order valence-electron chi connectivity index (χ2n) is 4.29. The fourth-order valence-corrected chi connectivity index (χ4v) is 2.12. The lowest BCUT2D eigenvalue weighted by Gasteiger charge is -2.11. The molecule has 2 N–H and O–H groups in total. The van der Waals surface area contributed by atoms with Crippen molar-refractivity contribution >= 4 is 5.82 Å². The van der Waals surface area contributed by atoms with Crippen LogP contribution in [0.2, 0.25) is 0 Å². The van der Waals surface area contributed by atoms with Crippen LogP contribution in [0.5, 0.6) is 0 Å². The molecule has 3 rings (SSSR count). The van der Waals surface area contributed by atoms with E-state index in [1.54, 1.807) is 0 Å². The minimum atomic E-state index is 0.607. The summed E-state index contributed by atoms with van der Waals surface area (Å²) >= 11 is 0. The average molecular weight is 193 g/mol.